The highest BCUT2D eigenvalue weighted by molar-refractivity contribution is 5.78. The van der Waals surface area contributed by atoms with Gasteiger partial charge in [0.05, 0.1) is 18.6 Å². The molecule has 0 aliphatic heterocycles. The molecule has 0 heterocycles. The van der Waals surface area contributed by atoms with Gasteiger partial charge in [-0.2, -0.15) is 0 Å². The molecular formula is C39H62O7. The number of aliphatic hydroxyl groups excluding tert-OH is 1. The van der Waals surface area contributed by atoms with E-state index in [0.717, 1.165) is 76.2 Å². The highest BCUT2D eigenvalue weighted by Crippen LogP contribution is 2.77. The van der Waals surface area contributed by atoms with Gasteiger partial charge in [-0.1, -0.05) is 48.1 Å². The van der Waals surface area contributed by atoms with Gasteiger partial charge < -0.3 is 19.3 Å². The zero-order valence-electron chi connectivity index (χ0n) is 30.0. The number of carbonyl (C=O) groups is 3. The third-order valence-corrected chi connectivity index (χ3v) is 15.1. The molecule has 0 spiro atoms. The lowest BCUT2D eigenvalue weighted by Gasteiger charge is -2.72. The molecule has 46 heavy (non-hydrogen) atoms. The Labute approximate surface area is 278 Å². The zero-order valence-corrected chi connectivity index (χ0v) is 30.0. The summed E-state index contributed by atoms with van der Waals surface area (Å²) in [6.45, 7) is 22.0. The molecule has 1 N–H and O–H groups in total. The summed E-state index contributed by atoms with van der Waals surface area (Å²) in [4.78, 5) is 38.4. The first kappa shape index (κ1) is 35.4. The van der Waals surface area contributed by atoms with Crippen molar-refractivity contribution in [1.82, 2.24) is 0 Å². The van der Waals surface area contributed by atoms with Crippen molar-refractivity contribution in [2.45, 2.75) is 132 Å². The topological polar surface area (TPSA) is 99.1 Å². The van der Waals surface area contributed by atoms with Crippen molar-refractivity contribution in [2.24, 2.45) is 62.6 Å². The second-order valence-electron chi connectivity index (χ2n) is 17.6. The summed E-state index contributed by atoms with van der Waals surface area (Å²) in [5.74, 6) is 1.22. The summed E-state index contributed by atoms with van der Waals surface area (Å²) in [6, 6.07) is 0. The molecule has 0 aromatic heterocycles. The normalized spacial score (nSPS) is 44.7. The van der Waals surface area contributed by atoms with Gasteiger partial charge in [-0.3, -0.25) is 14.4 Å². The van der Waals surface area contributed by atoms with E-state index in [2.05, 4.69) is 48.1 Å². The van der Waals surface area contributed by atoms with Crippen LogP contribution in [0.2, 0.25) is 0 Å². The summed E-state index contributed by atoms with van der Waals surface area (Å²) in [5.41, 5.74) is -0.00816. The fourth-order valence-electron chi connectivity index (χ4n) is 12.7. The third kappa shape index (κ3) is 5.37. The fourth-order valence-corrected chi connectivity index (χ4v) is 12.7. The number of esters is 3. The summed E-state index contributed by atoms with van der Waals surface area (Å²) in [5, 5.41) is 10.3. The van der Waals surface area contributed by atoms with Crippen molar-refractivity contribution in [3.8, 4) is 0 Å². The Balaban J connectivity index is 1.50. The second-order valence-corrected chi connectivity index (χ2v) is 17.6. The van der Waals surface area contributed by atoms with Crippen LogP contribution in [0, 0.1) is 62.6 Å². The SMILES string of the molecule is C=C(CO)[C@@H]1CC[C@]2(C(=O)OCCC(C)C)CC[C@]3(C)[C@H](CC[C@@H]4[C@@]5(C)CC[C@H](OC(C)=O)[C@@](C)(COC(C)=O)[C@@H]5CC[C@]43C)[C@@H]12. The number of hydrogen-bond donors (Lipinski definition) is 1. The second kappa shape index (κ2) is 12.5. The molecule has 5 aliphatic carbocycles. The zero-order chi connectivity index (χ0) is 33.9. The first-order valence-corrected chi connectivity index (χ1v) is 18.3. The monoisotopic (exact) mass is 642 g/mol. The van der Waals surface area contributed by atoms with E-state index in [4.69, 9.17) is 14.2 Å². The predicted octanol–water partition coefficient (Wildman–Crippen LogP) is 7.68. The van der Waals surface area contributed by atoms with Crippen LogP contribution in [0.25, 0.3) is 0 Å². The molecule has 5 saturated carbocycles. The number of carbonyl (C=O) groups excluding carboxylic acids is 3. The van der Waals surface area contributed by atoms with Crippen molar-refractivity contribution in [2.75, 3.05) is 19.8 Å². The molecule has 0 bridgehead atoms. The molecule has 11 atom stereocenters. The highest BCUT2D eigenvalue weighted by Gasteiger charge is 2.73. The van der Waals surface area contributed by atoms with Crippen LogP contribution < -0.4 is 0 Å². The van der Waals surface area contributed by atoms with Crippen LogP contribution in [-0.2, 0) is 28.6 Å². The van der Waals surface area contributed by atoms with E-state index in [-0.39, 0.29) is 71.2 Å². The maximum absolute atomic E-state index is 14.1. The van der Waals surface area contributed by atoms with E-state index in [1.54, 1.807) is 0 Å². The minimum absolute atomic E-state index is 0.000608. The van der Waals surface area contributed by atoms with Crippen molar-refractivity contribution in [1.29, 1.82) is 0 Å². The van der Waals surface area contributed by atoms with Crippen molar-refractivity contribution in [3.63, 3.8) is 0 Å². The van der Waals surface area contributed by atoms with Crippen LogP contribution in [0.5, 0.6) is 0 Å². The largest absolute Gasteiger partial charge is 0.465 e. The van der Waals surface area contributed by atoms with Crippen molar-refractivity contribution < 1.29 is 33.7 Å². The number of hydrogen-bond acceptors (Lipinski definition) is 7. The van der Waals surface area contributed by atoms with Crippen LogP contribution in [-0.4, -0.2) is 48.9 Å². The Bertz CT molecular complexity index is 1210. The molecule has 5 aliphatic rings. The standard InChI is InChI=1S/C39H62O7/c1-24(2)15-21-44-34(43)39-18-12-28(25(3)22-40)33(39)29-10-11-31-35(6)16-14-32(46-27(5)42)36(7,23-45-26(4)41)30(35)13-17-38(31,9)37(29,8)19-20-39/h24,28-33,40H,3,10-23H2,1-2,4-9H3/t28-,29+,30+,31+,32-,33+,35-,36-,37+,38+,39-/m0/s1. The molecular weight excluding hydrogens is 580 g/mol. The lowest BCUT2D eigenvalue weighted by molar-refractivity contribution is -0.257. The molecule has 0 aromatic carbocycles. The van der Waals surface area contributed by atoms with Gasteiger partial charge in [0.15, 0.2) is 0 Å². The smallest absolute Gasteiger partial charge is 0.312 e. The average molecular weight is 643 g/mol. The average Bonchev–Trinajstić information content (AvgIpc) is 3.38. The van der Waals surface area contributed by atoms with Crippen LogP contribution in [0.4, 0.5) is 0 Å². The summed E-state index contributed by atoms with van der Waals surface area (Å²) in [6.07, 6.45) is 10.1. The number of fused-ring (bicyclic) bond motifs is 7. The third-order valence-electron chi connectivity index (χ3n) is 15.1. The highest BCUT2D eigenvalue weighted by atomic mass is 16.6. The molecule has 0 amide bonds. The number of ether oxygens (including phenoxy) is 3. The maximum atomic E-state index is 14.1. The van der Waals surface area contributed by atoms with Crippen LogP contribution in [0.1, 0.15) is 126 Å². The van der Waals surface area contributed by atoms with Gasteiger partial charge in [0.2, 0.25) is 0 Å². The molecule has 7 heteroatoms. The number of aliphatic hydroxyl groups is 1. The minimum atomic E-state index is -0.501. The van der Waals surface area contributed by atoms with E-state index < -0.39 is 10.8 Å². The Hall–Kier alpha value is -1.89. The molecule has 260 valence electrons. The Morgan fingerprint density at radius 1 is 0.826 bits per heavy atom. The Morgan fingerprint density at radius 3 is 2.17 bits per heavy atom. The summed E-state index contributed by atoms with van der Waals surface area (Å²) >= 11 is 0. The van der Waals surface area contributed by atoms with Gasteiger partial charge in [0.25, 0.3) is 0 Å². The van der Waals surface area contributed by atoms with Crippen LogP contribution in [0.3, 0.4) is 0 Å². The van der Waals surface area contributed by atoms with Gasteiger partial charge in [-0.25, -0.2) is 0 Å². The molecule has 5 fully saturated rings. The first-order chi connectivity index (χ1) is 21.5. The molecule has 5 rings (SSSR count). The van der Waals surface area contributed by atoms with Crippen LogP contribution >= 0.6 is 0 Å². The van der Waals surface area contributed by atoms with E-state index >= 15 is 0 Å². The summed E-state index contributed by atoms with van der Waals surface area (Å²) in [7, 11) is 0. The van der Waals surface area contributed by atoms with E-state index in [1.165, 1.54) is 13.8 Å². The van der Waals surface area contributed by atoms with Gasteiger partial charge >= 0.3 is 17.9 Å². The van der Waals surface area contributed by atoms with Gasteiger partial charge in [-0.15, -0.1) is 0 Å². The molecule has 0 radical (unpaired) electrons. The Kier molecular flexibility index (Phi) is 9.65. The molecule has 0 aromatic rings. The van der Waals surface area contributed by atoms with Crippen LogP contribution in [0.15, 0.2) is 12.2 Å². The van der Waals surface area contributed by atoms with Crippen molar-refractivity contribution in [3.05, 3.63) is 12.2 Å². The van der Waals surface area contributed by atoms with Gasteiger partial charge in [0, 0.05) is 19.3 Å². The lowest BCUT2D eigenvalue weighted by atomic mass is 9.32. The van der Waals surface area contributed by atoms with E-state index in [1.807, 2.05) is 0 Å². The van der Waals surface area contributed by atoms with Gasteiger partial charge in [-0.05, 0) is 128 Å². The molecule has 0 saturated heterocycles. The van der Waals surface area contributed by atoms with E-state index in [9.17, 15) is 19.5 Å². The Morgan fingerprint density at radius 2 is 1.54 bits per heavy atom. The van der Waals surface area contributed by atoms with Crippen molar-refractivity contribution >= 4 is 17.9 Å². The quantitative estimate of drug-likeness (QED) is 0.156. The molecule has 7 nitrogen and oxygen atoms in total. The fraction of sp³-hybridized carbons (Fsp3) is 0.872. The van der Waals surface area contributed by atoms with Gasteiger partial charge in [0.1, 0.15) is 12.7 Å². The maximum Gasteiger partial charge on any atom is 0.312 e. The summed E-state index contributed by atoms with van der Waals surface area (Å²) < 4.78 is 17.8. The minimum Gasteiger partial charge on any atom is -0.465 e. The lowest BCUT2D eigenvalue weighted by Crippen LogP contribution is -2.68. The van der Waals surface area contributed by atoms with E-state index in [0.29, 0.717) is 24.4 Å². The first-order valence-electron chi connectivity index (χ1n) is 18.3. The predicted molar refractivity (Wildman–Crippen MR) is 177 cm³/mol. The molecule has 0 unspecified atom stereocenters. The number of rotatable bonds is 9.